The molecule has 0 saturated carbocycles. The van der Waals surface area contributed by atoms with Gasteiger partial charge in [0, 0.05) is 25.5 Å². The number of aliphatic hydroxyl groups is 1. The van der Waals surface area contributed by atoms with E-state index in [2.05, 4.69) is 32.7 Å². The van der Waals surface area contributed by atoms with Crippen molar-refractivity contribution in [3.63, 3.8) is 0 Å². The summed E-state index contributed by atoms with van der Waals surface area (Å²) >= 11 is 0. The van der Waals surface area contributed by atoms with Crippen molar-refractivity contribution in [2.75, 3.05) is 30.9 Å². The Labute approximate surface area is 112 Å². The van der Waals surface area contributed by atoms with E-state index in [1.807, 2.05) is 32.4 Å². The van der Waals surface area contributed by atoms with Gasteiger partial charge in [0.25, 0.3) is 0 Å². The van der Waals surface area contributed by atoms with E-state index in [1.54, 1.807) is 4.68 Å². The molecule has 0 bridgehead atoms. The van der Waals surface area contributed by atoms with Gasteiger partial charge in [-0.15, -0.1) is 5.10 Å². The Kier molecular flexibility index (Phi) is 4.35. The van der Waals surface area contributed by atoms with Crippen molar-refractivity contribution < 1.29 is 5.11 Å². The molecule has 0 aliphatic rings. The van der Waals surface area contributed by atoms with E-state index >= 15 is 0 Å². The second-order valence-electron chi connectivity index (χ2n) is 4.49. The van der Waals surface area contributed by atoms with Crippen molar-refractivity contribution in [3.8, 4) is 0 Å². The molecule has 0 spiro atoms. The predicted molar refractivity (Wildman–Crippen MR) is 75.2 cm³/mol. The van der Waals surface area contributed by atoms with Crippen LogP contribution in [0.15, 0.2) is 30.5 Å². The molecule has 0 radical (unpaired) electrons. The molecule has 0 saturated heterocycles. The Morgan fingerprint density at radius 2 is 2.00 bits per heavy atom. The third kappa shape index (κ3) is 3.69. The zero-order valence-electron chi connectivity index (χ0n) is 11.2. The number of nitrogens with zero attached hydrogens (tertiary/aromatic N) is 4. The van der Waals surface area contributed by atoms with Gasteiger partial charge in [0.1, 0.15) is 5.69 Å². The number of aliphatic hydroxyl groups excluding tert-OH is 1. The van der Waals surface area contributed by atoms with Crippen LogP contribution < -0.4 is 10.2 Å². The van der Waals surface area contributed by atoms with Crippen LogP contribution in [0.3, 0.4) is 0 Å². The van der Waals surface area contributed by atoms with E-state index in [1.165, 1.54) is 5.69 Å². The first kappa shape index (κ1) is 13.4. The summed E-state index contributed by atoms with van der Waals surface area (Å²) in [6.07, 6.45) is 1.83. The average molecular weight is 261 g/mol. The Balaban J connectivity index is 1.90. The fourth-order valence-electron chi connectivity index (χ4n) is 1.70. The zero-order valence-corrected chi connectivity index (χ0v) is 11.2. The summed E-state index contributed by atoms with van der Waals surface area (Å²) in [6.45, 7) is 1.17. The third-order valence-electron chi connectivity index (χ3n) is 2.77. The Morgan fingerprint density at radius 3 is 2.63 bits per heavy atom. The van der Waals surface area contributed by atoms with Gasteiger partial charge in [0.2, 0.25) is 0 Å². The van der Waals surface area contributed by atoms with Crippen LogP contribution in [-0.4, -0.2) is 40.8 Å². The van der Waals surface area contributed by atoms with E-state index in [9.17, 15) is 0 Å². The van der Waals surface area contributed by atoms with Crippen LogP contribution in [0.5, 0.6) is 0 Å². The molecule has 0 unspecified atom stereocenters. The minimum atomic E-state index is 0.0717. The summed E-state index contributed by atoms with van der Waals surface area (Å²) in [5, 5.41) is 20.0. The fourth-order valence-corrected chi connectivity index (χ4v) is 1.70. The van der Waals surface area contributed by atoms with Crippen molar-refractivity contribution in [2.24, 2.45) is 0 Å². The number of nitrogens with one attached hydrogen (secondary N) is 1. The number of hydrogen-bond donors (Lipinski definition) is 2. The molecule has 0 aliphatic heterocycles. The number of benzene rings is 1. The topological polar surface area (TPSA) is 66.2 Å². The lowest BCUT2D eigenvalue weighted by Gasteiger charge is -2.13. The standard InChI is InChI=1S/C13H19N5O/c1-17(2)13-5-3-11(4-6-13)14-9-12-10-18(7-8-19)16-15-12/h3-6,10,14,19H,7-9H2,1-2H3. The molecule has 0 fully saturated rings. The Hall–Kier alpha value is -2.08. The molecule has 1 aromatic heterocycles. The molecule has 1 aromatic carbocycles. The molecule has 2 aromatic rings. The lowest BCUT2D eigenvalue weighted by Crippen LogP contribution is -2.08. The Morgan fingerprint density at radius 1 is 1.26 bits per heavy atom. The zero-order chi connectivity index (χ0) is 13.7. The average Bonchev–Trinajstić information content (AvgIpc) is 2.85. The van der Waals surface area contributed by atoms with Gasteiger partial charge >= 0.3 is 0 Å². The maximum Gasteiger partial charge on any atom is 0.102 e. The van der Waals surface area contributed by atoms with Crippen molar-refractivity contribution >= 4 is 11.4 Å². The van der Waals surface area contributed by atoms with Gasteiger partial charge < -0.3 is 15.3 Å². The van der Waals surface area contributed by atoms with Crippen LogP contribution in [0.4, 0.5) is 11.4 Å². The molecule has 0 atom stereocenters. The summed E-state index contributed by atoms with van der Waals surface area (Å²) in [5.41, 5.74) is 3.06. The fraction of sp³-hybridized carbons (Fsp3) is 0.385. The predicted octanol–water partition coefficient (Wildman–Crippen LogP) is 0.948. The highest BCUT2D eigenvalue weighted by atomic mass is 16.3. The highest BCUT2D eigenvalue weighted by Gasteiger charge is 2.01. The largest absolute Gasteiger partial charge is 0.394 e. The first-order chi connectivity index (χ1) is 9.19. The lowest BCUT2D eigenvalue weighted by molar-refractivity contribution is 0.268. The minimum Gasteiger partial charge on any atom is -0.394 e. The van der Waals surface area contributed by atoms with Crippen LogP contribution in [0, 0.1) is 0 Å². The first-order valence-electron chi connectivity index (χ1n) is 6.20. The van der Waals surface area contributed by atoms with Crippen molar-refractivity contribution in [1.82, 2.24) is 15.0 Å². The number of rotatable bonds is 6. The van der Waals surface area contributed by atoms with Gasteiger partial charge in [-0.05, 0) is 24.3 Å². The normalized spacial score (nSPS) is 10.5. The molecule has 6 heteroatoms. The summed E-state index contributed by atoms with van der Waals surface area (Å²) < 4.78 is 1.63. The monoisotopic (exact) mass is 261 g/mol. The SMILES string of the molecule is CN(C)c1ccc(NCc2cn(CCO)nn2)cc1. The van der Waals surface area contributed by atoms with Crippen LogP contribution in [0.2, 0.25) is 0 Å². The van der Waals surface area contributed by atoms with Crippen molar-refractivity contribution in [1.29, 1.82) is 0 Å². The lowest BCUT2D eigenvalue weighted by atomic mass is 10.2. The van der Waals surface area contributed by atoms with Gasteiger partial charge in [-0.25, -0.2) is 4.68 Å². The van der Waals surface area contributed by atoms with Crippen LogP contribution in [-0.2, 0) is 13.1 Å². The molecule has 2 N–H and O–H groups in total. The number of hydrogen-bond acceptors (Lipinski definition) is 5. The number of aromatic nitrogens is 3. The molecule has 0 amide bonds. The van der Waals surface area contributed by atoms with Crippen molar-refractivity contribution in [3.05, 3.63) is 36.2 Å². The van der Waals surface area contributed by atoms with Gasteiger partial charge in [0.15, 0.2) is 0 Å². The van der Waals surface area contributed by atoms with Crippen LogP contribution >= 0.6 is 0 Å². The summed E-state index contributed by atoms with van der Waals surface area (Å²) in [7, 11) is 4.03. The molecule has 1 heterocycles. The quantitative estimate of drug-likeness (QED) is 0.810. The van der Waals surface area contributed by atoms with E-state index < -0.39 is 0 Å². The molecule has 6 nitrogen and oxygen atoms in total. The second kappa shape index (κ2) is 6.19. The summed E-state index contributed by atoms with van der Waals surface area (Å²) in [6, 6.07) is 8.19. The van der Waals surface area contributed by atoms with E-state index in [0.717, 1.165) is 11.4 Å². The molecule has 0 aliphatic carbocycles. The first-order valence-corrected chi connectivity index (χ1v) is 6.20. The molecular formula is C13H19N5O. The number of anilines is 2. The Bertz CT molecular complexity index is 506. The van der Waals surface area contributed by atoms with E-state index in [-0.39, 0.29) is 6.61 Å². The van der Waals surface area contributed by atoms with Gasteiger partial charge in [-0.1, -0.05) is 5.21 Å². The van der Waals surface area contributed by atoms with Gasteiger partial charge in [-0.3, -0.25) is 0 Å². The highest BCUT2D eigenvalue weighted by Crippen LogP contribution is 2.15. The molecule has 2 rings (SSSR count). The summed E-state index contributed by atoms with van der Waals surface area (Å²) in [4.78, 5) is 2.06. The third-order valence-corrected chi connectivity index (χ3v) is 2.77. The highest BCUT2D eigenvalue weighted by molar-refractivity contribution is 5.54. The molecule has 19 heavy (non-hydrogen) atoms. The molecular weight excluding hydrogens is 242 g/mol. The van der Waals surface area contributed by atoms with Crippen LogP contribution in [0.1, 0.15) is 5.69 Å². The maximum absolute atomic E-state index is 8.80. The molecule has 102 valence electrons. The minimum absolute atomic E-state index is 0.0717. The van der Waals surface area contributed by atoms with Crippen LogP contribution in [0.25, 0.3) is 0 Å². The van der Waals surface area contributed by atoms with Gasteiger partial charge in [-0.2, -0.15) is 0 Å². The van der Waals surface area contributed by atoms with E-state index in [0.29, 0.717) is 13.1 Å². The summed E-state index contributed by atoms with van der Waals surface area (Å²) in [5.74, 6) is 0. The maximum atomic E-state index is 8.80. The van der Waals surface area contributed by atoms with Crippen molar-refractivity contribution in [2.45, 2.75) is 13.1 Å². The smallest absolute Gasteiger partial charge is 0.102 e. The second-order valence-corrected chi connectivity index (χ2v) is 4.49. The van der Waals surface area contributed by atoms with Gasteiger partial charge in [0.05, 0.1) is 25.9 Å². The van der Waals surface area contributed by atoms with E-state index in [4.69, 9.17) is 5.11 Å².